The Balaban J connectivity index is 1.87. The normalized spacial score (nSPS) is 17.7. The van der Waals surface area contributed by atoms with E-state index in [2.05, 4.69) is 28.2 Å². The van der Waals surface area contributed by atoms with E-state index in [4.69, 9.17) is 14.2 Å². The molecule has 1 saturated heterocycles. The lowest BCUT2D eigenvalue weighted by Crippen LogP contribution is -2.51. The average Bonchev–Trinajstić information content (AvgIpc) is 2.88. The summed E-state index contributed by atoms with van der Waals surface area (Å²) in [7, 11) is 0. The Labute approximate surface area is 235 Å². The fraction of sp³-hybridized carbons (Fsp3) is 0.933. The number of carbonyl (C=O) groups excluding carboxylic acids is 2. The van der Waals surface area contributed by atoms with E-state index < -0.39 is 6.09 Å². The van der Waals surface area contributed by atoms with Gasteiger partial charge in [-0.2, -0.15) is 0 Å². The second-order valence-corrected chi connectivity index (χ2v) is 11.6. The number of ether oxygens (including phenoxy) is 3. The highest BCUT2D eigenvalue weighted by Crippen LogP contribution is 2.20. The Kier molecular flexibility index (Phi) is 22.4. The van der Waals surface area contributed by atoms with E-state index in [1.54, 1.807) is 0 Å². The molecule has 1 aliphatic heterocycles. The number of esters is 1. The van der Waals surface area contributed by atoms with Crippen LogP contribution < -0.4 is 5.32 Å². The first kappa shape index (κ1) is 34.2. The third-order valence-electron chi connectivity index (χ3n) is 7.26. The number of rotatable bonds is 25. The first-order chi connectivity index (χ1) is 18.1. The van der Waals surface area contributed by atoms with Crippen molar-refractivity contribution in [3.05, 3.63) is 0 Å². The molecule has 0 saturated carbocycles. The number of amides is 1. The predicted molar refractivity (Wildman–Crippen MR) is 155 cm³/mol. The van der Waals surface area contributed by atoms with Gasteiger partial charge in [-0.25, -0.2) is 4.79 Å². The van der Waals surface area contributed by atoms with Gasteiger partial charge < -0.3 is 19.5 Å². The molecular weight excluding hydrogens is 534 g/mol. The molecule has 7 heteroatoms. The topological polar surface area (TPSA) is 73.9 Å². The predicted octanol–water partition coefficient (Wildman–Crippen LogP) is 8.49. The Morgan fingerprint density at radius 1 is 0.838 bits per heavy atom. The van der Waals surface area contributed by atoms with E-state index in [1.165, 1.54) is 89.9 Å². The summed E-state index contributed by atoms with van der Waals surface area (Å²) in [6.07, 6.45) is 23.1. The maximum absolute atomic E-state index is 12.2. The van der Waals surface area contributed by atoms with Gasteiger partial charge in [0.25, 0.3) is 0 Å². The summed E-state index contributed by atoms with van der Waals surface area (Å²) in [5, 5.41) is 3.76. The van der Waals surface area contributed by atoms with Gasteiger partial charge in [0.2, 0.25) is 0 Å². The fourth-order valence-electron chi connectivity index (χ4n) is 4.58. The molecule has 0 spiro atoms. The van der Waals surface area contributed by atoms with Crippen molar-refractivity contribution in [2.45, 2.75) is 148 Å². The van der Waals surface area contributed by atoms with Crippen molar-refractivity contribution in [1.29, 1.82) is 0 Å². The minimum absolute atomic E-state index is 0.112. The van der Waals surface area contributed by atoms with E-state index in [0.29, 0.717) is 13.2 Å². The van der Waals surface area contributed by atoms with Crippen LogP contribution in [0.2, 0.25) is 0 Å². The lowest BCUT2D eigenvalue weighted by molar-refractivity contribution is -0.208. The number of nitrogens with one attached hydrogen (secondary N) is 1. The number of hydrogen-bond acceptors (Lipinski definition) is 5. The zero-order valence-corrected chi connectivity index (χ0v) is 25.5. The van der Waals surface area contributed by atoms with Gasteiger partial charge >= 0.3 is 12.1 Å². The Morgan fingerprint density at radius 3 is 1.86 bits per heavy atom. The Bertz CT molecular complexity index is 562. The van der Waals surface area contributed by atoms with E-state index in [9.17, 15) is 9.59 Å². The first-order valence-corrected chi connectivity index (χ1v) is 16.5. The molecule has 0 aromatic carbocycles. The molecule has 0 bridgehead atoms. The van der Waals surface area contributed by atoms with Crippen molar-refractivity contribution in [2.75, 3.05) is 25.1 Å². The number of carbonyl (C=O) groups is 2. The van der Waals surface area contributed by atoms with Gasteiger partial charge in [0.15, 0.2) is 6.10 Å². The number of unbranched alkanes of at least 4 members (excludes halogenated alkanes) is 16. The van der Waals surface area contributed by atoms with Crippen molar-refractivity contribution in [3.63, 3.8) is 0 Å². The summed E-state index contributed by atoms with van der Waals surface area (Å²) < 4.78 is 16.2. The standard InChI is InChI=1S/C30H56BrNO5/c1-3-4-5-6-7-8-9-10-11-12-13-14-15-16-17-20-23-32-30(34)36-24-27-28(25-35-27)37-29(33)26(2)21-18-19-22-31/h26-28H,3-25H2,1-2H3,(H,32,34). The molecule has 1 rings (SSSR count). The highest BCUT2D eigenvalue weighted by Gasteiger charge is 2.37. The minimum atomic E-state index is -0.426. The number of halogens is 1. The molecule has 3 atom stereocenters. The summed E-state index contributed by atoms with van der Waals surface area (Å²) in [6, 6.07) is 0. The molecule has 1 aliphatic rings. The van der Waals surface area contributed by atoms with Crippen molar-refractivity contribution in [3.8, 4) is 0 Å². The highest BCUT2D eigenvalue weighted by atomic mass is 79.9. The molecule has 1 heterocycles. The zero-order valence-electron chi connectivity index (χ0n) is 23.9. The summed E-state index contributed by atoms with van der Waals surface area (Å²) in [5.74, 6) is -0.315. The summed E-state index contributed by atoms with van der Waals surface area (Å²) in [5.41, 5.74) is 0. The van der Waals surface area contributed by atoms with Gasteiger partial charge in [0, 0.05) is 11.9 Å². The molecule has 3 unspecified atom stereocenters. The van der Waals surface area contributed by atoms with Crippen LogP contribution in [0.4, 0.5) is 4.79 Å². The fourth-order valence-corrected chi connectivity index (χ4v) is 4.97. The smallest absolute Gasteiger partial charge is 0.407 e. The summed E-state index contributed by atoms with van der Waals surface area (Å²) >= 11 is 3.40. The van der Waals surface area contributed by atoms with Crippen molar-refractivity contribution >= 4 is 28.0 Å². The second-order valence-electron chi connectivity index (χ2n) is 10.8. The number of alkyl halides is 1. The van der Waals surface area contributed by atoms with Crippen LogP contribution in [0.1, 0.15) is 136 Å². The third kappa shape index (κ3) is 19.0. The molecule has 37 heavy (non-hydrogen) atoms. The van der Waals surface area contributed by atoms with E-state index in [0.717, 1.165) is 37.4 Å². The zero-order chi connectivity index (χ0) is 27.0. The van der Waals surface area contributed by atoms with E-state index in [1.807, 2.05) is 6.92 Å². The largest absolute Gasteiger partial charge is 0.457 e. The van der Waals surface area contributed by atoms with Gasteiger partial charge in [0.1, 0.15) is 12.7 Å². The van der Waals surface area contributed by atoms with Crippen LogP contribution >= 0.6 is 15.9 Å². The first-order valence-electron chi connectivity index (χ1n) is 15.4. The van der Waals surface area contributed by atoms with Gasteiger partial charge in [-0.05, 0) is 19.3 Å². The van der Waals surface area contributed by atoms with Gasteiger partial charge in [-0.3, -0.25) is 4.79 Å². The molecule has 1 amide bonds. The molecule has 1 N–H and O–H groups in total. The highest BCUT2D eigenvalue weighted by molar-refractivity contribution is 9.09. The molecule has 0 aromatic heterocycles. The molecule has 1 fully saturated rings. The maximum Gasteiger partial charge on any atom is 0.407 e. The van der Waals surface area contributed by atoms with Crippen LogP contribution in [0.15, 0.2) is 0 Å². The van der Waals surface area contributed by atoms with Crippen LogP contribution in [0, 0.1) is 5.92 Å². The van der Waals surface area contributed by atoms with E-state index in [-0.39, 0.29) is 30.7 Å². The Morgan fingerprint density at radius 2 is 1.38 bits per heavy atom. The van der Waals surface area contributed by atoms with Crippen LogP contribution in [-0.2, 0) is 19.0 Å². The van der Waals surface area contributed by atoms with Crippen LogP contribution in [-0.4, -0.2) is 49.4 Å². The maximum atomic E-state index is 12.2. The summed E-state index contributed by atoms with van der Waals surface area (Å²) in [4.78, 5) is 24.1. The SMILES string of the molecule is CCCCCCCCCCCCCCCCCCNC(=O)OCC1OCC1OC(=O)C(C)CCCCBr. The molecular formula is C30H56BrNO5. The quantitative estimate of drug-likeness (QED) is 0.0656. The van der Waals surface area contributed by atoms with Crippen molar-refractivity contribution < 1.29 is 23.8 Å². The Hall–Kier alpha value is -0.820. The van der Waals surface area contributed by atoms with E-state index >= 15 is 0 Å². The summed E-state index contributed by atoms with van der Waals surface area (Å²) in [6.45, 7) is 5.29. The lowest BCUT2D eigenvalue weighted by atomic mass is 10.0. The minimum Gasteiger partial charge on any atom is -0.457 e. The molecule has 6 nitrogen and oxygen atoms in total. The van der Waals surface area contributed by atoms with Crippen LogP contribution in [0.3, 0.4) is 0 Å². The van der Waals surface area contributed by atoms with Crippen molar-refractivity contribution in [1.82, 2.24) is 5.32 Å². The van der Waals surface area contributed by atoms with Gasteiger partial charge in [-0.15, -0.1) is 0 Å². The monoisotopic (exact) mass is 589 g/mol. The average molecular weight is 591 g/mol. The second kappa shape index (κ2) is 24.2. The number of hydrogen-bond donors (Lipinski definition) is 1. The van der Waals surface area contributed by atoms with Crippen LogP contribution in [0.25, 0.3) is 0 Å². The van der Waals surface area contributed by atoms with Crippen molar-refractivity contribution in [2.24, 2.45) is 5.92 Å². The lowest BCUT2D eigenvalue weighted by Gasteiger charge is -2.35. The number of alkyl carbamates (subject to hydrolysis) is 1. The third-order valence-corrected chi connectivity index (χ3v) is 7.82. The molecule has 0 aromatic rings. The molecule has 0 aliphatic carbocycles. The van der Waals surface area contributed by atoms with Gasteiger partial charge in [0.05, 0.1) is 12.5 Å². The van der Waals surface area contributed by atoms with Gasteiger partial charge in [-0.1, -0.05) is 133 Å². The molecule has 0 radical (unpaired) electrons. The molecule has 218 valence electrons. The van der Waals surface area contributed by atoms with Crippen LogP contribution in [0.5, 0.6) is 0 Å².